The average Bonchev–Trinajstić information content (AvgIpc) is 3.00. The lowest BCUT2D eigenvalue weighted by molar-refractivity contribution is -0.880. The van der Waals surface area contributed by atoms with Gasteiger partial charge in [-0.3, -0.25) is 4.79 Å². The Hall–Kier alpha value is -0.900. The molecule has 1 saturated heterocycles. The second-order valence-corrected chi connectivity index (χ2v) is 4.39. The first kappa shape index (κ1) is 9.65. The van der Waals surface area contributed by atoms with Gasteiger partial charge in [0.1, 0.15) is 0 Å². The molecule has 0 spiro atoms. The SMILES string of the molecule is C[NH+]1CCC(=NNC(=O)C2CC2)CC1. The van der Waals surface area contributed by atoms with Crippen molar-refractivity contribution in [3.63, 3.8) is 0 Å². The zero-order chi connectivity index (χ0) is 9.97. The molecule has 14 heavy (non-hydrogen) atoms. The highest BCUT2D eigenvalue weighted by Crippen LogP contribution is 2.28. The van der Waals surface area contributed by atoms with Gasteiger partial charge in [0, 0.05) is 24.5 Å². The minimum absolute atomic E-state index is 0.115. The second-order valence-electron chi connectivity index (χ2n) is 4.39. The third kappa shape index (κ3) is 2.54. The molecular formula is C10H18N3O+. The lowest BCUT2D eigenvalue weighted by Crippen LogP contribution is -3.10. The molecular weight excluding hydrogens is 178 g/mol. The fourth-order valence-electron chi connectivity index (χ4n) is 1.65. The van der Waals surface area contributed by atoms with Crippen LogP contribution in [0.25, 0.3) is 0 Å². The maximum Gasteiger partial charge on any atom is 0.243 e. The molecule has 78 valence electrons. The van der Waals surface area contributed by atoms with E-state index in [0.717, 1.165) is 44.5 Å². The number of piperidine rings is 1. The molecule has 1 amide bonds. The maximum absolute atomic E-state index is 11.3. The summed E-state index contributed by atoms with van der Waals surface area (Å²) in [6.45, 7) is 2.27. The number of quaternary nitrogens is 1. The molecule has 1 aliphatic carbocycles. The molecule has 4 heteroatoms. The number of rotatable bonds is 2. The number of hydrogen-bond acceptors (Lipinski definition) is 2. The summed E-state index contributed by atoms with van der Waals surface area (Å²) in [6.07, 6.45) is 4.14. The summed E-state index contributed by atoms with van der Waals surface area (Å²) in [4.78, 5) is 12.8. The molecule has 0 aromatic rings. The Morgan fingerprint density at radius 3 is 2.64 bits per heavy atom. The minimum Gasteiger partial charge on any atom is -0.337 e. The van der Waals surface area contributed by atoms with Crippen LogP contribution in [0.5, 0.6) is 0 Å². The number of carbonyl (C=O) groups is 1. The van der Waals surface area contributed by atoms with E-state index in [9.17, 15) is 4.79 Å². The van der Waals surface area contributed by atoms with Crippen LogP contribution in [0.4, 0.5) is 0 Å². The van der Waals surface area contributed by atoms with Gasteiger partial charge >= 0.3 is 0 Å². The normalized spacial score (nSPS) is 27.2. The Bertz CT molecular complexity index is 248. The molecule has 2 aliphatic rings. The molecule has 4 nitrogen and oxygen atoms in total. The Kier molecular flexibility index (Phi) is 2.82. The zero-order valence-electron chi connectivity index (χ0n) is 8.68. The fourth-order valence-corrected chi connectivity index (χ4v) is 1.65. The summed E-state index contributed by atoms with van der Waals surface area (Å²) in [5, 5.41) is 4.18. The van der Waals surface area contributed by atoms with Crippen LogP contribution in [0.3, 0.4) is 0 Å². The second kappa shape index (κ2) is 4.09. The lowest BCUT2D eigenvalue weighted by atomic mass is 10.1. The van der Waals surface area contributed by atoms with Crippen molar-refractivity contribution in [2.24, 2.45) is 11.0 Å². The standard InChI is InChI=1S/C10H17N3O/c1-13-6-4-9(5-7-13)11-12-10(14)8-2-3-8/h8H,2-7H2,1H3,(H,12,14)/p+1. The monoisotopic (exact) mass is 196 g/mol. The Balaban J connectivity index is 1.76. The Labute approximate surface area is 84.3 Å². The van der Waals surface area contributed by atoms with Crippen LogP contribution >= 0.6 is 0 Å². The van der Waals surface area contributed by atoms with Gasteiger partial charge in [0.05, 0.1) is 20.1 Å². The van der Waals surface area contributed by atoms with Gasteiger partial charge in [-0.1, -0.05) is 0 Å². The van der Waals surface area contributed by atoms with E-state index in [-0.39, 0.29) is 11.8 Å². The molecule has 1 aliphatic heterocycles. The van der Waals surface area contributed by atoms with Crippen molar-refractivity contribution in [2.75, 3.05) is 20.1 Å². The van der Waals surface area contributed by atoms with E-state index in [0.29, 0.717) is 0 Å². The van der Waals surface area contributed by atoms with Gasteiger partial charge in [-0.2, -0.15) is 5.10 Å². The Morgan fingerprint density at radius 2 is 2.07 bits per heavy atom. The van der Waals surface area contributed by atoms with E-state index in [2.05, 4.69) is 17.6 Å². The minimum atomic E-state index is 0.115. The highest BCUT2D eigenvalue weighted by molar-refractivity contribution is 5.87. The van der Waals surface area contributed by atoms with Gasteiger partial charge in [-0.25, -0.2) is 5.43 Å². The topological polar surface area (TPSA) is 45.9 Å². The van der Waals surface area contributed by atoms with Crippen molar-refractivity contribution in [1.82, 2.24) is 5.43 Å². The van der Waals surface area contributed by atoms with Crippen LogP contribution in [0.15, 0.2) is 5.10 Å². The van der Waals surface area contributed by atoms with Crippen LogP contribution in [-0.4, -0.2) is 31.8 Å². The van der Waals surface area contributed by atoms with E-state index < -0.39 is 0 Å². The average molecular weight is 196 g/mol. The van der Waals surface area contributed by atoms with Crippen LogP contribution < -0.4 is 10.3 Å². The number of carbonyl (C=O) groups excluding carboxylic acids is 1. The molecule has 2 rings (SSSR count). The van der Waals surface area contributed by atoms with Crippen molar-refractivity contribution in [1.29, 1.82) is 0 Å². The molecule has 0 radical (unpaired) electrons. The van der Waals surface area contributed by atoms with Crippen molar-refractivity contribution >= 4 is 11.6 Å². The smallest absolute Gasteiger partial charge is 0.243 e. The van der Waals surface area contributed by atoms with Crippen molar-refractivity contribution < 1.29 is 9.69 Å². The van der Waals surface area contributed by atoms with Crippen LogP contribution in [0, 0.1) is 5.92 Å². The number of amides is 1. The summed E-state index contributed by atoms with van der Waals surface area (Å²) in [7, 11) is 2.19. The molecule has 0 bridgehead atoms. The summed E-state index contributed by atoms with van der Waals surface area (Å²) in [6, 6.07) is 0. The summed E-state index contributed by atoms with van der Waals surface area (Å²) in [5.74, 6) is 0.375. The summed E-state index contributed by atoms with van der Waals surface area (Å²) < 4.78 is 0. The van der Waals surface area contributed by atoms with Crippen LogP contribution in [0.2, 0.25) is 0 Å². The number of hydrazone groups is 1. The van der Waals surface area contributed by atoms with Gasteiger partial charge in [0.2, 0.25) is 5.91 Å². The van der Waals surface area contributed by atoms with E-state index in [1.807, 2.05) is 0 Å². The molecule has 0 atom stereocenters. The van der Waals surface area contributed by atoms with Crippen molar-refractivity contribution in [3.05, 3.63) is 0 Å². The molecule has 2 N–H and O–H groups in total. The number of hydrogen-bond donors (Lipinski definition) is 2. The van der Waals surface area contributed by atoms with Gasteiger partial charge in [0.25, 0.3) is 0 Å². The largest absolute Gasteiger partial charge is 0.337 e. The first-order valence-electron chi connectivity index (χ1n) is 5.42. The van der Waals surface area contributed by atoms with E-state index in [1.165, 1.54) is 0 Å². The number of nitrogens with zero attached hydrogens (tertiary/aromatic N) is 1. The predicted molar refractivity (Wildman–Crippen MR) is 54.2 cm³/mol. The first-order valence-corrected chi connectivity index (χ1v) is 5.42. The van der Waals surface area contributed by atoms with Gasteiger partial charge in [0.15, 0.2) is 0 Å². The zero-order valence-corrected chi connectivity index (χ0v) is 8.68. The molecule has 1 saturated carbocycles. The first-order chi connectivity index (χ1) is 6.75. The molecule has 0 aromatic heterocycles. The van der Waals surface area contributed by atoms with Crippen molar-refractivity contribution in [2.45, 2.75) is 25.7 Å². The predicted octanol–water partition coefficient (Wildman–Crippen LogP) is -0.823. The molecule has 2 fully saturated rings. The van der Waals surface area contributed by atoms with E-state index in [4.69, 9.17) is 0 Å². The van der Waals surface area contributed by atoms with Crippen molar-refractivity contribution in [3.8, 4) is 0 Å². The van der Waals surface area contributed by atoms with E-state index in [1.54, 1.807) is 4.90 Å². The molecule has 1 heterocycles. The van der Waals surface area contributed by atoms with Gasteiger partial charge < -0.3 is 4.90 Å². The number of nitrogens with one attached hydrogen (secondary N) is 2. The molecule has 0 aromatic carbocycles. The van der Waals surface area contributed by atoms with Gasteiger partial charge in [-0.05, 0) is 12.8 Å². The fraction of sp³-hybridized carbons (Fsp3) is 0.800. The third-order valence-corrected chi connectivity index (χ3v) is 2.95. The summed E-state index contributed by atoms with van der Waals surface area (Å²) >= 11 is 0. The van der Waals surface area contributed by atoms with E-state index >= 15 is 0 Å². The molecule has 0 unspecified atom stereocenters. The summed E-state index contributed by atoms with van der Waals surface area (Å²) in [5.41, 5.74) is 3.83. The third-order valence-electron chi connectivity index (χ3n) is 2.95. The number of likely N-dealkylation sites (tertiary alicyclic amines) is 1. The lowest BCUT2D eigenvalue weighted by Gasteiger charge is -2.20. The van der Waals surface area contributed by atoms with Gasteiger partial charge in [-0.15, -0.1) is 0 Å². The highest BCUT2D eigenvalue weighted by atomic mass is 16.2. The highest BCUT2D eigenvalue weighted by Gasteiger charge is 2.29. The Morgan fingerprint density at radius 1 is 1.43 bits per heavy atom. The van der Waals surface area contributed by atoms with Crippen LogP contribution in [-0.2, 0) is 4.79 Å². The quantitative estimate of drug-likeness (QED) is 0.557. The maximum atomic E-state index is 11.3. The van der Waals surface area contributed by atoms with Crippen LogP contribution in [0.1, 0.15) is 25.7 Å².